The zero-order valence-electron chi connectivity index (χ0n) is 13.5. The monoisotopic (exact) mass is 360 g/mol. The Morgan fingerprint density at radius 2 is 1.87 bits per heavy atom. The SMILES string of the molecule is CCS(=O)(=O)c1cccc(S(=O)(=O)N2CCC[C@@H](C)[C@@H]2CN)c1. The lowest BCUT2D eigenvalue weighted by atomic mass is 9.93. The lowest BCUT2D eigenvalue weighted by Gasteiger charge is -2.38. The van der Waals surface area contributed by atoms with Gasteiger partial charge in [0, 0.05) is 19.1 Å². The molecule has 2 N–H and O–H groups in total. The second-order valence-corrected chi connectivity index (χ2v) is 10.1. The summed E-state index contributed by atoms with van der Waals surface area (Å²) in [5.74, 6) is 0.119. The number of nitrogens with zero attached hydrogens (tertiary/aromatic N) is 1. The molecule has 0 radical (unpaired) electrons. The highest BCUT2D eigenvalue weighted by Crippen LogP contribution is 2.29. The molecule has 6 nitrogen and oxygen atoms in total. The van der Waals surface area contributed by atoms with E-state index in [0.29, 0.717) is 6.54 Å². The van der Waals surface area contributed by atoms with Crippen LogP contribution in [-0.2, 0) is 19.9 Å². The maximum Gasteiger partial charge on any atom is 0.243 e. The summed E-state index contributed by atoms with van der Waals surface area (Å²) in [7, 11) is -7.21. The van der Waals surface area contributed by atoms with Crippen LogP contribution in [0.5, 0.6) is 0 Å². The van der Waals surface area contributed by atoms with Gasteiger partial charge in [0.05, 0.1) is 15.5 Å². The van der Waals surface area contributed by atoms with E-state index >= 15 is 0 Å². The standard InChI is InChI=1S/C15H24N2O4S2/c1-3-22(18,19)13-7-4-8-14(10-13)23(20,21)17-9-5-6-12(2)15(17)11-16/h4,7-8,10,12,15H,3,5-6,9,11,16H2,1-2H3/t12-,15+/m1/s1. The molecule has 1 aliphatic heterocycles. The summed E-state index contributed by atoms with van der Waals surface area (Å²) >= 11 is 0. The predicted octanol–water partition coefficient (Wildman–Crippen LogP) is 1.23. The highest BCUT2D eigenvalue weighted by Gasteiger charge is 2.36. The van der Waals surface area contributed by atoms with Gasteiger partial charge >= 0.3 is 0 Å². The van der Waals surface area contributed by atoms with Crippen LogP contribution in [-0.4, -0.2) is 46.0 Å². The molecular weight excluding hydrogens is 336 g/mol. The fourth-order valence-electron chi connectivity index (χ4n) is 2.99. The molecule has 1 aromatic carbocycles. The minimum Gasteiger partial charge on any atom is -0.329 e. The largest absolute Gasteiger partial charge is 0.329 e. The Labute approximate surface area is 138 Å². The number of sulfone groups is 1. The average Bonchev–Trinajstić information content (AvgIpc) is 2.54. The molecule has 1 saturated heterocycles. The van der Waals surface area contributed by atoms with Crippen LogP contribution in [0.3, 0.4) is 0 Å². The van der Waals surface area contributed by atoms with Crippen LogP contribution in [0.1, 0.15) is 26.7 Å². The van der Waals surface area contributed by atoms with Gasteiger partial charge < -0.3 is 5.73 Å². The third kappa shape index (κ3) is 3.60. The van der Waals surface area contributed by atoms with Crippen LogP contribution in [0, 0.1) is 5.92 Å². The van der Waals surface area contributed by atoms with E-state index in [-0.39, 0.29) is 34.0 Å². The number of hydrogen-bond donors (Lipinski definition) is 1. The summed E-state index contributed by atoms with van der Waals surface area (Å²) in [6.45, 7) is 4.21. The minimum atomic E-state index is -3.76. The molecule has 23 heavy (non-hydrogen) atoms. The molecule has 130 valence electrons. The number of sulfonamides is 1. The number of piperidine rings is 1. The predicted molar refractivity (Wildman–Crippen MR) is 89.3 cm³/mol. The molecule has 0 unspecified atom stereocenters. The molecule has 1 heterocycles. The first-order valence-electron chi connectivity index (χ1n) is 7.78. The molecule has 2 rings (SSSR count). The second kappa shape index (κ2) is 6.88. The molecule has 1 aromatic rings. The fraction of sp³-hybridized carbons (Fsp3) is 0.600. The van der Waals surface area contributed by atoms with Gasteiger partial charge in [0.1, 0.15) is 0 Å². The van der Waals surface area contributed by atoms with Crippen molar-refractivity contribution < 1.29 is 16.8 Å². The summed E-state index contributed by atoms with van der Waals surface area (Å²) < 4.78 is 51.3. The van der Waals surface area contributed by atoms with Crippen LogP contribution in [0.15, 0.2) is 34.1 Å². The lowest BCUT2D eigenvalue weighted by Crippen LogP contribution is -2.51. The van der Waals surface area contributed by atoms with Gasteiger partial charge in [-0.1, -0.05) is 19.9 Å². The minimum absolute atomic E-state index is 0.0135. The molecule has 0 spiro atoms. The first kappa shape index (κ1) is 18.4. The van der Waals surface area contributed by atoms with Crippen molar-refractivity contribution in [3.63, 3.8) is 0 Å². The van der Waals surface area contributed by atoms with E-state index in [4.69, 9.17) is 5.73 Å². The molecular formula is C15H24N2O4S2. The van der Waals surface area contributed by atoms with Crippen LogP contribution in [0.2, 0.25) is 0 Å². The third-order valence-corrected chi connectivity index (χ3v) is 8.11. The van der Waals surface area contributed by atoms with Crippen LogP contribution in [0.4, 0.5) is 0 Å². The summed E-state index contributed by atoms with van der Waals surface area (Å²) in [6, 6.07) is 5.34. The maximum atomic E-state index is 12.9. The maximum absolute atomic E-state index is 12.9. The van der Waals surface area contributed by atoms with E-state index in [1.165, 1.54) is 35.5 Å². The van der Waals surface area contributed by atoms with Crippen molar-refractivity contribution in [2.75, 3.05) is 18.8 Å². The zero-order valence-corrected chi connectivity index (χ0v) is 15.1. The first-order valence-corrected chi connectivity index (χ1v) is 10.9. The van der Waals surface area contributed by atoms with Crippen molar-refractivity contribution in [3.05, 3.63) is 24.3 Å². The van der Waals surface area contributed by atoms with Gasteiger partial charge in [-0.3, -0.25) is 0 Å². The number of benzene rings is 1. The van der Waals surface area contributed by atoms with E-state index in [1.54, 1.807) is 0 Å². The lowest BCUT2D eigenvalue weighted by molar-refractivity contribution is 0.192. The average molecular weight is 361 g/mol. The van der Waals surface area contributed by atoms with Gasteiger partial charge in [-0.15, -0.1) is 0 Å². The van der Waals surface area contributed by atoms with Crippen molar-refractivity contribution in [1.29, 1.82) is 0 Å². The van der Waals surface area contributed by atoms with E-state index in [9.17, 15) is 16.8 Å². The van der Waals surface area contributed by atoms with Crippen molar-refractivity contribution in [2.24, 2.45) is 11.7 Å². The Morgan fingerprint density at radius 3 is 2.48 bits per heavy atom. The molecule has 0 bridgehead atoms. The van der Waals surface area contributed by atoms with Crippen LogP contribution in [0.25, 0.3) is 0 Å². The molecule has 2 atom stereocenters. The highest BCUT2D eigenvalue weighted by atomic mass is 32.2. The molecule has 0 aromatic heterocycles. The Hall–Kier alpha value is -0.960. The Morgan fingerprint density at radius 1 is 1.22 bits per heavy atom. The second-order valence-electron chi connectivity index (χ2n) is 5.92. The summed E-state index contributed by atoms with van der Waals surface area (Å²) in [6.07, 6.45) is 1.72. The van der Waals surface area contributed by atoms with E-state index in [2.05, 4.69) is 0 Å². The Bertz CT molecular complexity index is 759. The van der Waals surface area contributed by atoms with Gasteiger partial charge in [0.25, 0.3) is 0 Å². The number of nitrogens with two attached hydrogens (primary N) is 1. The van der Waals surface area contributed by atoms with Crippen LogP contribution >= 0.6 is 0 Å². The molecule has 0 saturated carbocycles. The number of hydrogen-bond acceptors (Lipinski definition) is 5. The topological polar surface area (TPSA) is 97.5 Å². The zero-order chi connectivity index (χ0) is 17.3. The van der Waals surface area contributed by atoms with Crippen molar-refractivity contribution >= 4 is 19.9 Å². The van der Waals surface area contributed by atoms with Gasteiger partial charge in [0.15, 0.2) is 9.84 Å². The first-order chi connectivity index (χ1) is 10.7. The van der Waals surface area contributed by atoms with Crippen molar-refractivity contribution in [1.82, 2.24) is 4.31 Å². The van der Waals surface area contributed by atoms with Gasteiger partial charge in [0.2, 0.25) is 10.0 Å². The highest BCUT2D eigenvalue weighted by molar-refractivity contribution is 7.91. The van der Waals surface area contributed by atoms with Crippen LogP contribution < -0.4 is 5.73 Å². The Balaban J connectivity index is 2.46. The molecule has 0 aliphatic carbocycles. The molecule has 1 aliphatic rings. The van der Waals surface area contributed by atoms with Gasteiger partial charge in [-0.05, 0) is 37.0 Å². The Kier molecular flexibility index (Phi) is 5.50. The van der Waals surface area contributed by atoms with Gasteiger partial charge in [-0.25, -0.2) is 16.8 Å². The fourth-order valence-corrected chi connectivity index (χ4v) is 5.81. The van der Waals surface area contributed by atoms with E-state index in [1.807, 2.05) is 6.92 Å². The van der Waals surface area contributed by atoms with Crippen molar-refractivity contribution in [3.8, 4) is 0 Å². The third-order valence-electron chi connectivity index (χ3n) is 4.46. The summed E-state index contributed by atoms with van der Waals surface area (Å²) in [5, 5.41) is 0. The molecule has 0 amide bonds. The summed E-state index contributed by atoms with van der Waals surface area (Å²) in [5.41, 5.74) is 5.78. The smallest absolute Gasteiger partial charge is 0.243 e. The molecule has 1 fully saturated rings. The van der Waals surface area contributed by atoms with E-state index in [0.717, 1.165) is 12.8 Å². The number of rotatable bonds is 5. The molecule has 8 heteroatoms. The van der Waals surface area contributed by atoms with Gasteiger partial charge in [-0.2, -0.15) is 4.31 Å². The summed E-state index contributed by atoms with van der Waals surface area (Å²) in [4.78, 5) is 0.0509. The van der Waals surface area contributed by atoms with Crippen molar-refractivity contribution in [2.45, 2.75) is 42.5 Å². The quantitative estimate of drug-likeness (QED) is 0.852. The normalized spacial score (nSPS) is 23.8. The van der Waals surface area contributed by atoms with E-state index < -0.39 is 19.9 Å².